The second kappa shape index (κ2) is 17.4. The Morgan fingerprint density at radius 3 is 1.97 bits per heavy atom. The van der Waals surface area contributed by atoms with E-state index in [1.807, 2.05) is 78.8 Å². The van der Waals surface area contributed by atoms with Gasteiger partial charge in [-0.1, -0.05) is 108 Å². The number of benzene rings is 3. The number of rotatable bonds is 5. The van der Waals surface area contributed by atoms with E-state index in [2.05, 4.69) is 0 Å². The standard InChI is InChI=1S/C23H20ClNO3.3C2H6/c1-16-8-6-7-11-21(16)25(2)23(27)28-15-18-12-13-19(24)14-20(18)22(26)17-9-4-3-5-10-17;3*1-2/h3-14H,15H2,1-2H3;3*1-2H3. The Balaban J connectivity index is 0.00000168. The predicted molar refractivity (Wildman–Crippen MR) is 145 cm³/mol. The van der Waals surface area contributed by atoms with Gasteiger partial charge in [0.1, 0.15) is 6.61 Å². The summed E-state index contributed by atoms with van der Waals surface area (Å²) in [6.07, 6.45) is -0.498. The minimum atomic E-state index is -0.498. The maximum Gasteiger partial charge on any atom is 0.414 e. The van der Waals surface area contributed by atoms with Crippen molar-refractivity contribution >= 4 is 29.2 Å². The molecule has 1 amide bonds. The average Bonchev–Trinajstić information content (AvgIpc) is 2.91. The summed E-state index contributed by atoms with van der Waals surface area (Å²) in [5.41, 5.74) is 3.31. The number of hydrogen-bond donors (Lipinski definition) is 0. The third kappa shape index (κ3) is 9.03. The molecule has 0 bridgehead atoms. The van der Waals surface area contributed by atoms with Gasteiger partial charge in [-0.25, -0.2) is 4.79 Å². The van der Waals surface area contributed by atoms with E-state index in [0.29, 0.717) is 21.7 Å². The van der Waals surface area contributed by atoms with Crippen LogP contribution in [0.1, 0.15) is 68.6 Å². The van der Waals surface area contributed by atoms with Gasteiger partial charge < -0.3 is 4.74 Å². The van der Waals surface area contributed by atoms with Crippen molar-refractivity contribution in [2.75, 3.05) is 11.9 Å². The number of carbonyl (C=O) groups excluding carboxylic acids is 2. The van der Waals surface area contributed by atoms with Gasteiger partial charge in [0.2, 0.25) is 0 Å². The largest absolute Gasteiger partial charge is 0.444 e. The molecule has 0 atom stereocenters. The van der Waals surface area contributed by atoms with Crippen LogP contribution in [0.3, 0.4) is 0 Å². The van der Waals surface area contributed by atoms with Crippen molar-refractivity contribution in [2.45, 2.75) is 55.1 Å². The summed E-state index contributed by atoms with van der Waals surface area (Å²) in [5.74, 6) is -0.165. The van der Waals surface area contributed by atoms with Crippen LogP contribution in [0.25, 0.3) is 0 Å². The number of aryl methyl sites for hydroxylation is 1. The Bertz CT molecular complexity index is 1000. The average molecular weight is 484 g/mol. The van der Waals surface area contributed by atoms with Crippen molar-refractivity contribution in [2.24, 2.45) is 0 Å². The maximum absolute atomic E-state index is 12.9. The Hall–Kier alpha value is -3.11. The highest BCUT2D eigenvalue weighted by Gasteiger charge is 2.18. The van der Waals surface area contributed by atoms with E-state index in [1.165, 1.54) is 4.90 Å². The molecule has 3 aromatic carbocycles. The van der Waals surface area contributed by atoms with Crippen LogP contribution in [0.4, 0.5) is 10.5 Å². The number of hydrogen-bond acceptors (Lipinski definition) is 3. The highest BCUT2D eigenvalue weighted by atomic mass is 35.5. The fourth-order valence-corrected chi connectivity index (χ4v) is 3.08. The molecule has 0 aliphatic carbocycles. The number of para-hydroxylation sites is 1. The van der Waals surface area contributed by atoms with Gasteiger partial charge in [-0.2, -0.15) is 0 Å². The Kier molecular flexibility index (Phi) is 15.8. The van der Waals surface area contributed by atoms with E-state index in [-0.39, 0.29) is 12.4 Å². The van der Waals surface area contributed by atoms with Gasteiger partial charge in [-0.15, -0.1) is 0 Å². The van der Waals surface area contributed by atoms with Gasteiger partial charge in [-0.3, -0.25) is 9.69 Å². The lowest BCUT2D eigenvalue weighted by Gasteiger charge is -2.19. The minimum absolute atomic E-state index is 0.0276. The summed E-state index contributed by atoms with van der Waals surface area (Å²) in [6.45, 7) is 13.9. The number of carbonyl (C=O) groups is 2. The Morgan fingerprint density at radius 1 is 0.824 bits per heavy atom. The first kappa shape index (κ1) is 30.9. The molecule has 0 aromatic heterocycles. The smallest absolute Gasteiger partial charge is 0.414 e. The van der Waals surface area contributed by atoms with Crippen molar-refractivity contribution in [3.05, 3.63) is 100 Å². The summed E-state index contributed by atoms with van der Waals surface area (Å²) in [5, 5.41) is 0.450. The SMILES string of the molecule is CC.CC.CC.Cc1ccccc1N(C)C(=O)OCc1ccc(Cl)cc1C(=O)c1ccccc1. The monoisotopic (exact) mass is 483 g/mol. The first-order valence-corrected chi connectivity index (χ1v) is 12.2. The zero-order valence-corrected chi connectivity index (χ0v) is 22.4. The lowest BCUT2D eigenvalue weighted by atomic mass is 9.99. The molecule has 0 heterocycles. The Morgan fingerprint density at radius 2 is 1.38 bits per heavy atom. The molecule has 5 heteroatoms. The molecule has 34 heavy (non-hydrogen) atoms. The topological polar surface area (TPSA) is 46.6 Å². The second-order valence-corrected chi connectivity index (χ2v) is 6.83. The molecule has 0 aliphatic heterocycles. The van der Waals surface area contributed by atoms with Crippen molar-refractivity contribution in [3.8, 4) is 0 Å². The zero-order valence-electron chi connectivity index (χ0n) is 21.7. The fourth-order valence-electron chi connectivity index (χ4n) is 2.91. The van der Waals surface area contributed by atoms with Gasteiger partial charge in [0.05, 0.1) is 0 Å². The first-order chi connectivity index (χ1) is 16.5. The van der Waals surface area contributed by atoms with Crippen LogP contribution in [-0.4, -0.2) is 18.9 Å². The number of nitrogens with zero attached hydrogens (tertiary/aromatic N) is 1. The van der Waals surface area contributed by atoms with Crippen LogP contribution in [-0.2, 0) is 11.3 Å². The molecule has 0 saturated heterocycles. The minimum Gasteiger partial charge on any atom is -0.444 e. The highest BCUT2D eigenvalue weighted by Crippen LogP contribution is 2.22. The lowest BCUT2D eigenvalue weighted by Crippen LogP contribution is -2.27. The van der Waals surface area contributed by atoms with Crippen LogP contribution in [0, 0.1) is 6.92 Å². The predicted octanol–water partition coefficient (Wildman–Crippen LogP) is 8.73. The summed E-state index contributed by atoms with van der Waals surface area (Å²) >= 11 is 6.09. The van der Waals surface area contributed by atoms with Crippen molar-refractivity contribution in [3.63, 3.8) is 0 Å². The van der Waals surface area contributed by atoms with Crippen LogP contribution >= 0.6 is 11.6 Å². The van der Waals surface area contributed by atoms with Crippen LogP contribution in [0.15, 0.2) is 72.8 Å². The summed E-state index contributed by atoms with van der Waals surface area (Å²) in [7, 11) is 1.66. The quantitative estimate of drug-likeness (QED) is 0.341. The number of ketones is 1. The third-order valence-electron chi connectivity index (χ3n) is 4.45. The van der Waals surface area contributed by atoms with Gasteiger partial charge in [0, 0.05) is 34.4 Å². The summed E-state index contributed by atoms with van der Waals surface area (Å²) < 4.78 is 5.46. The van der Waals surface area contributed by atoms with Crippen LogP contribution < -0.4 is 4.90 Å². The van der Waals surface area contributed by atoms with E-state index >= 15 is 0 Å². The van der Waals surface area contributed by atoms with Crippen LogP contribution in [0.2, 0.25) is 5.02 Å². The van der Waals surface area contributed by atoms with Crippen molar-refractivity contribution in [1.29, 1.82) is 0 Å². The lowest BCUT2D eigenvalue weighted by molar-refractivity contribution is 0.103. The number of halogens is 1. The summed E-state index contributed by atoms with van der Waals surface area (Å²) in [4.78, 5) is 26.8. The Labute approximate surface area is 210 Å². The van der Waals surface area contributed by atoms with Crippen molar-refractivity contribution in [1.82, 2.24) is 0 Å². The number of anilines is 1. The second-order valence-electron chi connectivity index (χ2n) is 6.40. The normalized spacial score (nSPS) is 9.09. The molecule has 3 aromatic rings. The third-order valence-corrected chi connectivity index (χ3v) is 4.69. The van der Waals surface area contributed by atoms with Gasteiger partial charge >= 0.3 is 6.09 Å². The number of ether oxygens (including phenoxy) is 1. The maximum atomic E-state index is 12.9. The van der Waals surface area contributed by atoms with E-state index in [4.69, 9.17) is 16.3 Å². The number of amides is 1. The summed E-state index contributed by atoms with van der Waals surface area (Å²) in [6, 6.07) is 21.5. The van der Waals surface area contributed by atoms with Gasteiger partial charge in [-0.05, 0) is 30.7 Å². The molecule has 3 rings (SSSR count). The molecular formula is C29H38ClNO3. The zero-order chi connectivity index (χ0) is 26.1. The van der Waals surface area contributed by atoms with E-state index in [9.17, 15) is 9.59 Å². The molecule has 184 valence electrons. The molecule has 0 unspecified atom stereocenters. The molecule has 0 aliphatic rings. The van der Waals surface area contributed by atoms with Crippen LogP contribution in [0.5, 0.6) is 0 Å². The van der Waals surface area contributed by atoms with E-state index in [0.717, 1.165) is 11.3 Å². The molecule has 4 nitrogen and oxygen atoms in total. The molecule has 0 spiro atoms. The fraction of sp³-hybridized carbons (Fsp3) is 0.310. The molecule has 0 fully saturated rings. The van der Waals surface area contributed by atoms with Gasteiger partial charge in [0.15, 0.2) is 5.78 Å². The molecular weight excluding hydrogens is 446 g/mol. The van der Waals surface area contributed by atoms with E-state index in [1.54, 1.807) is 49.5 Å². The van der Waals surface area contributed by atoms with E-state index < -0.39 is 6.09 Å². The highest BCUT2D eigenvalue weighted by molar-refractivity contribution is 6.31. The molecule has 0 radical (unpaired) electrons. The first-order valence-electron chi connectivity index (χ1n) is 11.8. The molecule has 0 saturated carbocycles. The molecule has 0 N–H and O–H groups in total. The van der Waals surface area contributed by atoms with Gasteiger partial charge in [0.25, 0.3) is 0 Å². The van der Waals surface area contributed by atoms with Crippen molar-refractivity contribution < 1.29 is 14.3 Å².